The highest BCUT2D eigenvalue weighted by Crippen LogP contribution is 2.77. The van der Waals surface area contributed by atoms with Crippen LogP contribution in [0.2, 0.25) is 0 Å². The van der Waals surface area contributed by atoms with Crippen molar-refractivity contribution in [3.63, 3.8) is 0 Å². The molecule has 0 radical (unpaired) electrons. The molecule has 2 bridgehead atoms. The van der Waals surface area contributed by atoms with E-state index in [1.54, 1.807) is 0 Å². The van der Waals surface area contributed by atoms with Gasteiger partial charge in [0.2, 0.25) is 0 Å². The van der Waals surface area contributed by atoms with Crippen LogP contribution in [-0.4, -0.2) is 5.78 Å². The van der Waals surface area contributed by atoms with Crippen molar-refractivity contribution in [2.75, 3.05) is 0 Å². The first-order valence-corrected chi connectivity index (χ1v) is 6.07. The van der Waals surface area contributed by atoms with E-state index in [1.807, 2.05) is 0 Å². The van der Waals surface area contributed by atoms with Crippen molar-refractivity contribution in [1.82, 2.24) is 0 Å². The largest absolute Gasteiger partial charge is 0.299 e. The molecule has 0 unspecified atom stereocenters. The van der Waals surface area contributed by atoms with Gasteiger partial charge in [-0.05, 0) is 47.8 Å². The van der Waals surface area contributed by atoms with Gasteiger partial charge in [0.1, 0.15) is 5.78 Å². The number of carbonyl (C=O) groups is 1. The van der Waals surface area contributed by atoms with Crippen molar-refractivity contribution in [3.8, 4) is 0 Å². The van der Waals surface area contributed by atoms with Crippen LogP contribution in [0.4, 0.5) is 0 Å². The molecule has 0 aliphatic heterocycles. The Morgan fingerprint density at radius 3 is 2.64 bits per heavy atom. The molecule has 5 aliphatic carbocycles. The lowest BCUT2D eigenvalue weighted by Gasteiger charge is -2.26. The second-order valence-corrected chi connectivity index (χ2v) is 6.12. The molecule has 72 valence electrons. The van der Waals surface area contributed by atoms with Crippen LogP contribution in [0.25, 0.3) is 0 Å². The Kier molecular flexibility index (Phi) is 0.850. The summed E-state index contributed by atoms with van der Waals surface area (Å²) in [5, 5.41) is 0. The van der Waals surface area contributed by atoms with Crippen LogP contribution in [-0.2, 0) is 4.79 Å². The van der Waals surface area contributed by atoms with Gasteiger partial charge in [-0.3, -0.25) is 4.79 Å². The first-order valence-electron chi connectivity index (χ1n) is 6.07. The minimum atomic E-state index is 0.550. The van der Waals surface area contributed by atoms with Crippen molar-refractivity contribution in [2.45, 2.75) is 12.8 Å². The highest BCUT2D eigenvalue weighted by Gasteiger charge is 2.76. The molecule has 8 atom stereocenters. The predicted octanol–water partition coefficient (Wildman–Crippen LogP) is 1.89. The van der Waals surface area contributed by atoms with Crippen molar-refractivity contribution in [1.29, 1.82) is 0 Å². The number of carbonyl (C=O) groups excluding carboxylic acids is 1. The van der Waals surface area contributed by atoms with Gasteiger partial charge in [0.15, 0.2) is 0 Å². The third kappa shape index (κ3) is 0.487. The van der Waals surface area contributed by atoms with Gasteiger partial charge in [0, 0.05) is 12.3 Å². The molecule has 1 heteroatoms. The van der Waals surface area contributed by atoms with E-state index in [9.17, 15) is 4.79 Å². The maximum absolute atomic E-state index is 11.7. The Hall–Kier alpha value is -0.590. The van der Waals surface area contributed by atoms with Gasteiger partial charge in [-0.25, -0.2) is 0 Å². The van der Waals surface area contributed by atoms with E-state index in [4.69, 9.17) is 0 Å². The van der Waals surface area contributed by atoms with E-state index >= 15 is 0 Å². The summed E-state index contributed by atoms with van der Waals surface area (Å²) >= 11 is 0. The summed E-state index contributed by atoms with van der Waals surface area (Å²) in [4.78, 5) is 11.7. The van der Waals surface area contributed by atoms with Gasteiger partial charge in [0.05, 0.1) is 0 Å². The maximum atomic E-state index is 11.7. The number of fused-ring (bicyclic) bond motifs is 8. The minimum Gasteiger partial charge on any atom is -0.299 e. The zero-order valence-electron chi connectivity index (χ0n) is 8.10. The van der Waals surface area contributed by atoms with Crippen LogP contribution in [0.1, 0.15) is 12.8 Å². The molecule has 1 nitrogen and oxygen atoms in total. The summed E-state index contributed by atoms with van der Waals surface area (Å²) < 4.78 is 0. The molecule has 0 saturated heterocycles. The molecule has 0 spiro atoms. The lowest BCUT2D eigenvalue weighted by Crippen LogP contribution is -2.22. The summed E-state index contributed by atoms with van der Waals surface area (Å²) in [6, 6.07) is 0. The predicted molar refractivity (Wildman–Crippen MR) is 51.3 cm³/mol. The van der Waals surface area contributed by atoms with Crippen LogP contribution >= 0.6 is 0 Å². The molecule has 4 fully saturated rings. The van der Waals surface area contributed by atoms with Gasteiger partial charge < -0.3 is 0 Å². The summed E-state index contributed by atoms with van der Waals surface area (Å²) in [5.74, 6) is 7.33. The van der Waals surface area contributed by atoms with E-state index in [-0.39, 0.29) is 0 Å². The van der Waals surface area contributed by atoms with Crippen LogP contribution in [0, 0.1) is 47.3 Å². The lowest BCUT2D eigenvalue weighted by molar-refractivity contribution is -0.119. The lowest BCUT2D eigenvalue weighted by atomic mass is 9.78. The van der Waals surface area contributed by atoms with Crippen LogP contribution < -0.4 is 0 Å². The van der Waals surface area contributed by atoms with Crippen LogP contribution in [0.5, 0.6) is 0 Å². The topological polar surface area (TPSA) is 17.1 Å². The van der Waals surface area contributed by atoms with Crippen molar-refractivity contribution in [2.24, 2.45) is 47.3 Å². The number of ketones is 1. The summed E-state index contributed by atoms with van der Waals surface area (Å²) in [6.07, 6.45) is 7.28. The molecular formula is C13H14O. The fraction of sp³-hybridized carbons (Fsp3) is 0.769. The molecular weight excluding hydrogens is 172 g/mol. The van der Waals surface area contributed by atoms with Gasteiger partial charge >= 0.3 is 0 Å². The molecule has 0 amide bonds. The average molecular weight is 186 g/mol. The number of rotatable bonds is 0. The number of hydrogen-bond acceptors (Lipinski definition) is 1. The summed E-state index contributed by atoms with van der Waals surface area (Å²) in [5.41, 5.74) is 0. The molecule has 14 heavy (non-hydrogen) atoms. The van der Waals surface area contributed by atoms with Gasteiger partial charge in [-0.2, -0.15) is 0 Å². The number of Topliss-reactive ketones (excluding diaryl/α,β-unsaturated/α-hetero) is 1. The number of hydrogen-bond donors (Lipinski definition) is 0. The number of allylic oxidation sites excluding steroid dienone is 2. The van der Waals surface area contributed by atoms with Gasteiger partial charge in [-0.1, -0.05) is 12.2 Å². The van der Waals surface area contributed by atoms with E-state index in [0.29, 0.717) is 11.7 Å². The Morgan fingerprint density at radius 1 is 1.00 bits per heavy atom. The quantitative estimate of drug-likeness (QED) is 0.528. The molecule has 0 heterocycles. The standard InChI is InChI=1S/C13H14O/c14-8-4-7-9-5-1-2-6(3-5)10(9)13-11(7)12(8)13/h1-2,5-7,9-13H,3-4H2/t5-,6+,7+,9+,10+,11-,12+,13-/m0/s1. The average Bonchev–Trinajstić information content (AvgIpc) is 2.58. The molecule has 0 aromatic heterocycles. The second kappa shape index (κ2) is 1.75. The van der Waals surface area contributed by atoms with Crippen molar-refractivity contribution < 1.29 is 4.79 Å². The molecule has 5 rings (SSSR count). The maximum Gasteiger partial charge on any atom is 0.136 e. The van der Waals surface area contributed by atoms with Crippen molar-refractivity contribution in [3.05, 3.63) is 12.2 Å². The van der Waals surface area contributed by atoms with Gasteiger partial charge in [0.25, 0.3) is 0 Å². The van der Waals surface area contributed by atoms with E-state index in [1.165, 1.54) is 6.42 Å². The smallest absolute Gasteiger partial charge is 0.136 e. The Labute approximate surface area is 83.6 Å². The van der Waals surface area contributed by atoms with E-state index < -0.39 is 0 Å². The normalized spacial score (nSPS) is 70.1. The Balaban J connectivity index is 1.68. The Morgan fingerprint density at radius 2 is 1.79 bits per heavy atom. The highest BCUT2D eigenvalue weighted by atomic mass is 16.1. The summed E-state index contributed by atoms with van der Waals surface area (Å²) in [7, 11) is 0. The van der Waals surface area contributed by atoms with E-state index in [0.717, 1.165) is 47.8 Å². The van der Waals surface area contributed by atoms with E-state index in [2.05, 4.69) is 12.2 Å². The first kappa shape index (κ1) is 6.81. The fourth-order valence-corrected chi connectivity index (χ4v) is 5.78. The molecule has 0 aromatic rings. The molecule has 0 aromatic carbocycles. The summed E-state index contributed by atoms with van der Waals surface area (Å²) in [6.45, 7) is 0. The first-order chi connectivity index (χ1) is 6.86. The SMILES string of the molecule is O=C1C[C@@H]2[C@@H]3[C@H]([C@@H]4[C@H]1[C@H]24)[C@@H]1C=C[C@H]3C1. The monoisotopic (exact) mass is 186 g/mol. The van der Waals surface area contributed by atoms with Gasteiger partial charge in [-0.15, -0.1) is 0 Å². The van der Waals surface area contributed by atoms with Crippen molar-refractivity contribution >= 4 is 5.78 Å². The molecule has 4 saturated carbocycles. The zero-order chi connectivity index (χ0) is 9.02. The fourth-order valence-electron chi connectivity index (χ4n) is 5.78. The Bertz CT molecular complexity index is 371. The molecule has 5 aliphatic rings. The third-order valence-corrected chi connectivity index (χ3v) is 5.96. The zero-order valence-corrected chi connectivity index (χ0v) is 8.10. The minimum absolute atomic E-state index is 0.550. The highest BCUT2D eigenvalue weighted by molar-refractivity contribution is 5.88. The van der Waals surface area contributed by atoms with Crippen LogP contribution in [0.3, 0.4) is 0 Å². The third-order valence-electron chi connectivity index (χ3n) is 5.96. The second-order valence-electron chi connectivity index (χ2n) is 6.12. The van der Waals surface area contributed by atoms with Crippen LogP contribution in [0.15, 0.2) is 12.2 Å². The molecule has 0 N–H and O–H groups in total.